The molecule has 1 unspecified atom stereocenters. The molecule has 0 spiro atoms. The van der Waals surface area contributed by atoms with Gasteiger partial charge in [0.05, 0.1) is 13.7 Å². The zero-order chi connectivity index (χ0) is 14.9. The smallest absolute Gasteiger partial charge is 0.411 e. The van der Waals surface area contributed by atoms with Gasteiger partial charge in [-0.25, -0.2) is 9.59 Å². The van der Waals surface area contributed by atoms with Crippen LogP contribution >= 0.6 is 0 Å². The van der Waals surface area contributed by atoms with Gasteiger partial charge in [-0.15, -0.1) is 0 Å². The summed E-state index contributed by atoms with van der Waals surface area (Å²) in [4.78, 5) is 24.0. The predicted octanol–water partition coefficient (Wildman–Crippen LogP) is 1.72. The van der Waals surface area contributed by atoms with Crippen molar-refractivity contribution in [2.24, 2.45) is 0 Å². The molecule has 108 valence electrons. The zero-order valence-corrected chi connectivity index (χ0v) is 11.7. The van der Waals surface area contributed by atoms with Crippen molar-refractivity contribution in [3.63, 3.8) is 0 Å². The molecule has 20 heavy (non-hydrogen) atoms. The minimum atomic E-state index is -1.07. The summed E-state index contributed by atoms with van der Waals surface area (Å²) in [5.41, 5.74) is 2.79. The summed E-state index contributed by atoms with van der Waals surface area (Å²) in [6.45, 7) is 3.89. The Balaban J connectivity index is 2.33. The van der Waals surface area contributed by atoms with Crippen molar-refractivity contribution in [3.8, 4) is 5.75 Å². The molecule has 0 radical (unpaired) electrons. The molecule has 6 heteroatoms. The van der Waals surface area contributed by atoms with E-state index < -0.39 is 18.1 Å². The first-order valence-corrected chi connectivity index (χ1v) is 6.24. The van der Waals surface area contributed by atoms with Crippen LogP contribution in [0.15, 0.2) is 12.1 Å². The van der Waals surface area contributed by atoms with Crippen molar-refractivity contribution >= 4 is 12.1 Å². The van der Waals surface area contributed by atoms with Crippen LogP contribution in [-0.4, -0.2) is 41.8 Å². The Morgan fingerprint density at radius 3 is 2.80 bits per heavy atom. The summed E-state index contributed by atoms with van der Waals surface area (Å²) >= 11 is 0. The van der Waals surface area contributed by atoms with Crippen LogP contribution in [0, 0.1) is 13.8 Å². The number of amides is 1. The maximum atomic E-state index is 11.7. The molecule has 0 saturated carbocycles. The zero-order valence-electron chi connectivity index (χ0n) is 11.7. The number of ether oxygens (including phenoxy) is 2. The number of cyclic esters (lactones) is 1. The van der Waals surface area contributed by atoms with Crippen molar-refractivity contribution in [3.05, 3.63) is 28.8 Å². The third-order valence-electron chi connectivity index (χ3n) is 3.39. The topological polar surface area (TPSA) is 76.1 Å². The summed E-state index contributed by atoms with van der Waals surface area (Å²) in [6, 6.07) is 2.88. The summed E-state index contributed by atoms with van der Waals surface area (Å²) in [5, 5.41) is 9.11. The molecule has 1 N–H and O–H groups in total. The van der Waals surface area contributed by atoms with Gasteiger partial charge in [0.1, 0.15) is 12.4 Å². The molecular formula is C14H17NO5. The lowest BCUT2D eigenvalue weighted by molar-refractivity contribution is -0.141. The highest BCUT2D eigenvalue weighted by molar-refractivity contribution is 5.83. The van der Waals surface area contributed by atoms with Gasteiger partial charge in [0.15, 0.2) is 6.04 Å². The first-order valence-electron chi connectivity index (χ1n) is 6.24. The van der Waals surface area contributed by atoms with Crippen LogP contribution in [0.25, 0.3) is 0 Å². The van der Waals surface area contributed by atoms with Crippen molar-refractivity contribution < 1.29 is 24.2 Å². The Kier molecular flexibility index (Phi) is 3.83. The van der Waals surface area contributed by atoms with E-state index in [9.17, 15) is 9.59 Å². The lowest BCUT2D eigenvalue weighted by Gasteiger charge is -2.21. The fourth-order valence-electron chi connectivity index (χ4n) is 2.34. The van der Waals surface area contributed by atoms with Gasteiger partial charge in [-0.1, -0.05) is 6.07 Å². The van der Waals surface area contributed by atoms with Gasteiger partial charge < -0.3 is 14.6 Å². The standard InChI is InChI=1S/C14H17NO5/c1-8-4-9(2)10(12(5-8)19-3)6-15-11(13(16)17)7-20-14(15)18/h4-5,11H,6-7H2,1-3H3,(H,16,17). The van der Waals surface area contributed by atoms with E-state index in [-0.39, 0.29) is 13.2 Å². The average Bonchev–Trinajstić information content (AvgIpc) is 2.74. The molecule has 2 rings (SSSR count). The van der Waals surface area contributed by atoms with E-state index in [0.29, 0.717) is 5.75 Å². The molecule has 6 nitrogen and oxygen atoms in total. The molecule has 1 aromatic carbocycles. The lowest BCUT2D eigenvalue weighted by Crippen LogP contribution is -2.39. The largest absolute Gasteiger partial charge is 0.496 e. The van der Waals surface area contributed by atoms with Gasteiger partial charge in [-0.3, -0.25) is 4.90 Å². The van der Waals surface area contributed by atoms with E-state index in [1.54, 1.807) is 7.11 Å². The summed E-state index contributed by atoms with van der Waals surface area (Å²) in [6.07, 6.45) is -0.612. The van der Waals surface area contributed by atoms with Crippen LogP contribution in [-0.2, 0) is 16.1 Å². The Labute approximate surface area is 116 Å². The molecule has 1 atom stereocenters. The van der Waals surface area contributed by atoms with Crippen LogP contribution < -0.4 is 4.74 Å². The van der Waals surface area contributed by atoms with Gasteiger partial charge in [-0.2, -0.15) is 0 Å². The van der Waals surface area contributed by atoms with Crippen molar-refractivity contribution in [2.45, 2.75) is 26.4 Å². The molecular weight excluding hydrogens is 262 g/mol. The Morgan fingerprint density at radius 2 is 2.20 bits per heavy atom. The van der Waals surface area contributed by atoms with E-state index in [0.717, 1.165) is 16.7 Å². The second-order valence-electron chi connectivity index (χ2n) is 4.82. The highest BCUT2D eigenvalue weighted by atomic mass is 16.6. The van der Waals surface area contributed by atoms with Gasteiger partial charge in [0.25, 0.3) is 0 Å². The third kappa shape index (κ3) is 2.54. The number of benzene rings is 1. The average molecular weight is 279 g/mol. The maximum absolute atomic E-state index is 11.7. The van der Waals surface area contributed by atoms with Crippen molar-refractivity contribution in [2.75, 3.05) is 13.7 Å². The first-order chi connectivity index (χ1) is 9.43. The van der Waals surface area contributed by atoms with E-state index in [1.807, 2.05) is 26.0 Å². The summed E-state index contributed by atoms with van der Waals surface area (Å²) < 4.78 is 10.1. The maximum Gasteiger partial charge on any atom is 0.411 e. The molecule has 1 saturated heterocycles. The number of nitrogens with zero attached hydrogens (tertiary/aromatic N) is 1. The van der Waals surface area contributed by atoms with E-state index >= 15 is 0 Å². The Bertz CT molecular complexity index is 555. The number of carbonyl (C=O) groups is 2. The van der Waals surface area contributed by atoms with Crippen LogP contribution in [0.2, 0.25) is 0 Å². The second-order valence-corrected chi connectivity index (χ2v) is 4.82. The number of methoxy groups -OCH3 is 1. The Morgan fingerprint density at radius 1 is 1.50 bits per heavy atom. The van der Waals surface area contributed by atoms with Crippen molar-refractivity contribution in [1.82, 2.24) is 4.90 Å². The fraction of sp³-hybridized carbons (Fsp3) is 0.429. The number of aryl methyl sites for hydroxylation is 2. The molecule has 1 amide bonds. The number of hydrogen-bond donors (Lipinski definition) is 1. The van der Waals surface area contributed by atoms with Crippen LogP contribution in [0.1, 0.15) is 16.7 Å². The number of carboxylic acid groups (broad SMARTS) is 1. The van der Waals surface area contributed by atoms with Gasteiger partial charge >= 0.3 is 12.1 Å². The molecule has 1 aliphatic rings. The predicted molar refractivity (Wildman–Crippen MR) is 70.8 cm³/mol. The minimum absolute atomic E-state index is 0.124. The number of rotatable bonds is 4. The van der Waals surface area contributed by atoms with Crippen LogP contribution in [0.5, 0.6) is 5.75 Å². The summed E-state index contributed by atoms with van der Waals surface area (Å²) in [5.74, 6) is -0.425. The quantitative estimate of drug-likeness (QED) is 0.908. The third-order valence-corrected chi connectivity index (χ3v) is 3.39. The van der Waals surface area contributed by atoms with E-state index in [4.69, 9.17) is 14.6 Å². The van der Waals surface area contributed by atoms with Crippen LogP contribution in [0.4, 0.5) is 4.79 Å². The van der Waals surface area contributed by atoms with Gasteiger partial charge in [0.2, 0.25) is 0 Å². The first kappa shape index (κ1) is 14.2. The number of carboxylic acids is 1. The number of aliphatic carboxylic acids is 1. The molecule has 1 fully saturated rings. The van der Waals surface area contributed by atoms with Crippen LogP contribution in [0.3, 0.4) is 0 Å². The van der Waals surface area contributed by atoms with E-state index in [1.165, 1.54) is 4.90 Å². The second kappa shape index (κ2) is 5.40. The fourth-order valence-corrected chi connectivity index (χ4v) is 2.34. The Hall–Kier alpha value is -2.24. The molecule has 0 bridgehead atoms. The molecule has 1 aromatic rings. The molecule has 1 aliphatic heterocycles. The SMILES string of the molecule is COc1cc(C)cc(C)c1CN1C(=O)OCC1C(=O)O. The lowest BCUT2D eigenvalue weighted by atomic mass is 10.0. The highest BCUT2D eigenvalue weighted by Gasteiger charge is 2.38. The normalized spacial score (nSPS) is 18.1. The highest BCUT2D eigenvalue weighted by Crippen LogP contribution is 2.28. The van der Waals surface area contributed by atoms with Gasteiger partial charge in [0, 0.05) is 5.56 Å². The molecule has 0 aliphatic carbocycles. The monoisotopic (exact) mass is 279 g/mol. The number of carbonyl (C=O) groups excluding carboxylic acids is 1. The molecule has 0 aromatic heterocycles. The van der Waals surface area contributed by atoms with E-state index in [2.05, 4.69) is 0 Å². The van der Waals surface area contributed by atoms with Crippen molar-refractivity contribution in [1.29, 1.82) is 0 Å². The van der Waals surface area contributed by atoms with Gasteiger partial charge in [-0.05, 0) is 31.0 Å². The minimum Gasteiger partial charge on any atom is -0.496 e. The molecule has 1 heterocycles. The summed E-state index contributed by atoms with van der Waals surface area (Å²) in [7, 11) is 1.55. The number of hydrogen-bond acceptors (Lipinski definition) is 4.